The molecular weight excluding hydrogens is 370 g/mol. The van der Waals surface area contributed by atoms with E-state index in [2.05, 4.69) is 6.58 Å². The fourth-order valence-electron chi connectivity index (χ4n) is 3.56. The molecule has 2 aliphatic rings. The molecule has 7 nitrogen and oxygen atoms in total. The fraction of sp³-hybridized carbons (Fsp3) is 0.591. The molecule has 2 aliphatic heterocycles. The molecule has 0 aliphatic carbocycles. The van der Waals surface area contributed by atoms with Crippen molar-refractivity contribution < 1.29 is 19.1 Å². The Bertz CT molecular complexity index is 696. The molecule has 0 aromatic heterocycles. The maximum absolute atomic E-state index is 12.6. The van der Waals surface area contributed by atoms with Gasteiger partial charge in [0.15, 0.2) is 0 Å². The molecule has 160 valence electrons. The zero-order chi connectivity index (χ0) is 21.4. The monoisotopic (exact) mass is 403 g/mol. The van der Waals surface area contributed by atoms with E-state index in [1.807, 2.05) is 19.0 Å². The minimum Gasteiger partial charge on any atom is -0.459 e. The molecule has 0 bridgehead atoms. The Hall–Kier alpha value is -2.41. The van der Waals surface area contributed by atoms with Crippen LogP contribution in [-0.2, 0) is 19.1 Å². The first-order chi connectivity index (χ1) is 13.8. The third kappa shape index (κ3) is 6.29. The SMILES string of the molecule is C=CC(C=CN1CCCCCC1=O)=C(C)C(=O)OCC(N(C)C)N1CCCC1=O. The minimum atomic E-state index is -0.453. The summed E-state index contributed by atoms with van der Waals surface area (Å²) in [7, 11) is 3.73. The summed E-state index contributed by atoms with van der Waals surface area (Å²) in [5.74, 6) is -0.263. The van der Waals surface area contributed by atoms with Crippen LogP contribution in [0.5, 0.6) is 0 Å². The van der Waals surface area contributed by atoms with Crippen LogP contribution < -0.4 is 0 Å². The molecule has 0 N–H and O–H groups in total. The number of esters is 1. The molecule has 0 aromatic rings. The second kappa shape index (κ2) is 11.0. The minimum absolute atomic E-state index is 0.0869. The number of allylic oxidation sites excluding steroid dienone is 3. The van der Waals surface area contributed by atoms with Gasteiger partial charge in [0.2, 0.25) is 11.8 Å². The summed E-state index contributed by atoms with van der Waals surface area (Å²) in [6, 6.07) is 0. The summed E-state index contributed by atoms with van der Waals surface area (Å²) in [6.07, 6.45) is 9.65. The van der Waals surface area contributed by atoms with Crippen LogP contribution in [0.2, 0.25) is 0 Å². The van der Waals surface area contributed by atoms with Crippen molar-refractivity contribution in [1.29, 1.82) is 0 Å². The summed E-state index contributed by atoms with van der Waals surface area (Å²) in [6.45, 7) is 6.94. The van der Waals surface area contributed by atoms with E-state index in [1.165, 1.54) is 0 Å². The topological polar surface area (TPSA) is 70.2 Å². The van der Waals surface area contributed by atoms with Gasteiger partial charge < -0.3 is 14.5 Å². The van der Waals surface area contributed by atoms with Gasteiger partial charge in [-0.25, -0.2) is 4.79 Å². The smallest absolute Gasteiger partial charge is 0.334 e. The van der Waals surface area contributed by atoms with Crippen molar-refractivity contribution >= 4 is 17.8 Å². The van der Waals surface area contributed by atoms with E-state index in [9.17, 15) is 14.4 Å². The highest BCUT2D eigenvalue weighted by Crippen LogP contribution is 2.17. The van der Waals surface area contributed by atoms with Gasteiger partial charge in [-0.3, -0.25) is 14.5 Å². The van der Waals surface area contributed by atoms with Gasteiger partial charge in [-0.15, -0.1) is 0 Å². The van der Waals surface area contributed by atoms with Gasteiger partial charge in [-0.1, -0.05) is 19.1 Å². The van der Waals surface area contributed by atoms with E-state index in [1.54, 1.807) is 35.1 Å². The Kier molecular flexibility index (Phi) is 8.64. The number of likely N-dealkylation sites (N-methyl/N-ethyl adjacent to an activating group) is 1. The molecule has 2 heterocycles. The number of hydrogen-bond acceptors (Lipinski definition) is 5. The third-order valence-corrected chi connectivity index (χ3v) is 5.43. The van der Waals surface area contributed by atoms with Crippen LogP contribution in [0.4, 0.5) is 0 Å². The first-order valence-corrected chi connectivity index (χ1v) is 10.3. The van der Waals surface area contributed by atoms with Crippen LogP contribution in [-0.4, -0.2) is 72.4 Å². The predicted octanol–water partition coefficient (Wildman–Crippen LogP) is 2.46. The lowest BCUT2D eigenvalue weighted by molar-refractivity contribution is -0.147. The lowest BCUT2D eigenvalue weighted by atomic mass is 10.1. The summed E-state index contributed by atoms with van der Waals surface area (Å²) < 4.78 is 5.51. The molecule has 7 heteroatoms. The summed E-state index contributed by atoms with van der Waals surface area (Å²) in [5, 5.41) is 0. The molecule has 0 radical (unpaired) electrons. The van der Waals surface area contributed by atoms with Crippen molar-refractivity contribution in [3.05, 3.63) is 36.1 Å². The molecule has 0 saturated carbocycles. The van der Waals surface area contributed by atoms with Crippen LogP contribution >= 0.6 is 0 Å². The lowest BCUT2D eigenvalue weighted by Crippen LogP contribution is -2.48. The molecular formula is C22H33N3O4. The summed E-state index contributed by atoms with van der Waals surface area (Å²) in [5.41, 5.74) is 1.04. The first kappa shape index (κ1) is 22.9. The molecule has 1 unspecified atom stereocenters. The standard InChI is InChI=1S/C22H33N3O4/c1-5-18(12-15-24-13-8-6-7-10-20(24)26)17(2)22(28)29-16-19(23(3)4)25-14-9-11-21(25)27/h5,12,15,19H,1,6-11,13-14,16H2,2-4H3. The van der Waals surface area contributed by atoms with E-state index in [-0.39, 0.29) is 24.6 Å². The highest BCUT2D eigenvalue weighted by atomic mass is 16.5. The molecule has 2 fully saturated rings. The van der Waals surface area contributed by atoms with Crippen LogP contribution in [0, 0.1) is 0 Å². The van der Waals surface area contributed by atoms with Crippen molar-refractivity contribution in [3.8, 4) is 0 Å². The Morgan fingerprint density at radius 1 is 1.14 bits per heavy atom. The van der Waals surface area contributed by atoms with Gasteiger partial charge in [0.05, 0.1) is 0 Å². The third-order valence-electron chi connectivity index (χ3n) is 5.43. The highest BCUT2D eigenvalue weighted by Gasteiger charge is 2.30. The number of hydrogen-bond donors (Lipinski definition) is 0. The van der Waals surface area contributed by atoms with Gasteiger partial charge >= 0.3 is 5.97 Å². The number of amides is 2. The largest absolute Gasteiger partial charge is 0.459 e. The van der Waals surface area contributed by atoms with E-state index in [0.29, 0.717) is 37.1 Å². The van der Waals surface area contributed by atoms with Gasteiger partial charge in [0.25, 0.3) is 0 Å². The summed E-state index contributed by atoms with van der Waals surface area (Å²) >= 11 is 0. The number of ether oxygens (including phenoxy) is 1. The highest BCUT2D eigenvalue weighted by molar-refractivity contribution is 5.90. The van der Waals surface area contributed by atoms with Gasteiger partial charge in [0.1, 0.15) is 12.8 Å². The van der Waals surface area contributed by atoms with Crippen LogP contribution in [0.15, 0.2) is 36.1 Å². The first-order valence-electron chi connectivity index (χ1n) is 10.3. The van der Waals surface area contributed by atoms with Gasteiger partial charge in [-0.05, 0) is 51.9 Å². The normalized spacial score (nSPS) is 20.1. The number of nitrogens with zero attached hydrogens (tertiary/aromatic N) is 3. The van der Waals surface area contributed by atoms with Gasteiger partial charge in [-0.2, -0.15) is 0 Å². The lowest BCUT2D eigenvalue weighted by Gasteiger charge is -2.32. The van der Waals surface area contributed by atoms with E-state index >= 15 is 0 Å². The molecule has 0 spiro atoms. The Morgan fingerprint density at radius 2 is 1.86 bits per heavy atom. The second-order valence-corrected chi connectivity index (χ2v) is 7.73. The van der Waals surface area contributed by atoms with Gasteiger partial charge in [0, 0.05) is 37.7 Å². The Balaban J connectivity index is 2.03. The molecule has 29 heavy (non-hydrogen) atoms. The maximum atomic E-state index is 12.6. The van der Waals surface area contributed by atoms with Crippen molar-refractivity contribution in [2.24, 2.45) is 0 Å². The van der Waals surface area contributed by atoms with Crippen LogP contribution in [0.1, 0.15) is 45.4 Å². The van der Waals surface area contributed by atoms with Crippen LogP contribution in [0.25, 0.3) is 0 Å². The van der Waals surface area contributed by atoms with E-state index < -0.39 is 5.97 Å². The van der Waals surface area contributed by atoms with Crippen LogP contribution in [0.3, 0.4) is 0 Å². The van der Waals surface area contributed by atoms with Crippen molar-refractivity contribution in [2.75, 3.05) is 33.8 Å². The average molecular weight is 404 g/mol. The van der Waals surface area contributed by atoms with E-state index in [4.69, 9.17) is 4.74 Å². The number of rotatable bonds is 8. The fourth-order valence-corrected chi connectivity index (χ4v) is 3.56. The molecule has 1 atom stereocenters. The maximum Gasteiger partial charge on any atom is 0.334 e. The Labute approximate surface area is 173 Å². The zero-order valence-electron chi connectivity index (χ0n) is 17.9. The second-order valence-electron chi connectivity index (χ2n) is 7.73. The Morgan fingerprint density at radius 3 is 2.48 bits per heavy atom. The number of likely N-dealkylation sites (tertiary alicyclic amines) is 2. The zero-order valence-corrected chi connectivity index (χ0v) is 17.9. The predicted molar refractivity (Wildman–Crippen MR) is 112 cm³/mol. The van der Waals surface area contributed by atoms with E-state index in [0.717, 1.165) is 25.7 Å². The molecule has 2 rings (SSSR count). The number of carbonyl (C=O) groups is 3. The quantitative estimate of drug-likeness (QED) is 0.354. The molecule has 0 aromatic carbocycles. The summed E-state index contributed by atoms with van der Waals surface area (Å²) in [4.78, 5) is 42.1. The van der Waals surface area contributed by atoms with Crippen molar-refractivity contribution in [1.82, 2.24) is 14.7 Å². The van der Waals surface area contributed by atoms with Crippen molar-refractivity contribution in [3.63, 3.8) is 0 Å². The molecule has 2 saturated heterocycles. The molecule has 2 amide bonds. The average Bonchev–Trinajstić information content (AvgIpc) is 2.99. The van der Waals surface area contributed by atoms with Crippen molar-refractivity contribution in [2.45, 2.75) is 51.6 Å². The number of carbonyl (C=O) groups excluding carboxylic acids is 3.